The van der Waals surface area contributed by atoms with Crippen molar-refractivity contribution < 1.29 is 4.74 Å². The number of aromatic nitrogens is 1. The summed E-state index contributed by atoms with van der Waals surface area (Å²) in [5, 5.41) is 3.45. The molecule has 1 aromatic heterocycles. The number of fused-ring (bicyclic) bond motifs is 2. The van der Waals surface area contributed by atoms with Crippen molar-refractivity contribution in [1.82, 2.24) is 4.98 Å². The van der Waals surface area contributed by atoms with Crippen molar-refractivity contribution in [3.63, 3.8) is 0 Å². The molecule has 0 atom stereocenters. The van der Waals surface area contributed by atoms with Gasteiger partial charge in [0.05, 0.1) is 17.3 Å². The Hall–Kier alpha value is -2.39. The van der Waals surface area contributed by atoms with E-state index in [1.165, 1.54) is 21.0 Å². The number of rotatable bonds is 2. The van der Waals surface area contributed by atoms with Crippen molar-refractivity contribution in [2.24, 2.45) is 0 Å². The number of hydrogen-bond donors (Lipinski definition) is 0. The fourth-order valence-electron chi connectivity index (χ4n) is 2.64. The number of thiazole rings is 1. The molecular formula is C19H15NOS. The van der Waals surface area contributed by atoms with Crippen LogP contribution >= 0.6 is 11.3 Å². The Bertz CT molecular complexity index is 987. The molecule has 2 nitrogen and oxygen atoms in total. The van der Waals surface area contributed by atoms with Crippen molar-refractivity contribution >= 4 is 32.3 Å². The third-order valence-electron chi connectivity index (χ3n) is 3.84. The maximum Gasteiger partial charge on any atom is 0.124 e. The van der Waals surface area contributed by atoms with E-state index in [0.717, 1.165) is 21.8 Å². The zero-order valence-corrected chi connectivity index (χ0v) is 13.3. The normalized spacial score (nSPS) is 11.2. The van der Waals surface area contributed by atoms with E-state index < -0.39 is 0 Å². The summed E-state index contributed by atoms with van der Waals surface area (Å²) in [5.41, 5.74) is 3.50. The maximum atomic E-state index is 5.28. The summed E-state index contributed by atoms with van der Waals surface area (Å²) in [7, 11) is 1.69. The number of aryl methyl sites for hydroxylation is 1. The van der Waals surface area contributed by atoms with Gasteiger partial charge in [0, 0.05) is 5.56 Å². The highest BCUT2D eigenvalue weighted by Crippen LogP contribution is 2.33. The van der Waals surface area contributed by atoms with Crippen LogP contribution in [0.1, 0.15) is 5.56 Å². The summed E-state index contributed by atoms with van der Waals surface area (Å²) in [6.45, 7) is 2.11. The molecule has 0 bridgehead atoms. The van der Waals surface area contributed by atoms with Crippen LogP contribution in [-0.2, 0) is 0 Å². The van der Waals surface area contributed by atoms with Gasteiger partial charge in [-0.25, -0.2) is 4.98 Å². The van der Waals surface area contributed by atoms with Crippen LogP contribution in [0.5, 0.6) is 5.75 Å². The lowest BCUT2D eigenvalue weighted by Gasteiger charge is -2.04. The summed E-state index contributed by atoms with van der Waals surface area (Å²) < 4.78 is 6.52. The Morgan fingerprint density at radius 3 is 2.59 bits per heavy atom. The molecule has 0 fully saturated rings. The van der Waals surface area contributed by atoms with Crippen LogP contribution in [0, 0.1) is 6.92 Å². The third-order valence-corrected chi connectivity index (χ3v) is 4.91. The van der Waals surface area contributed by atoms with E-state index in [4.69, 9.17) is 9.72 Å². The highest BCUT2D eigenvalue weighted by Gasteiger charge is 2.07. The number of nitrogens with zero attached hydrogens (tertiary/aromatic N) is 1. The van der Waals surface area contributed by atoms with E-state index in [2.05, 4.69) is 55.5 Å². The first-order valence-electron chi connectivity index (χ1n) is 7.18. The van der Waals surface area contributed by atoms with E-state index in [0.29, 0.717) is 0 Å². The number of hydrogen-bond acceptors (Lipinski definition) is 3. The van der Waals surface area contributed by atoms with Gasteiger partial charge in [-0.3, -0.25) is 0 Å². The second-order valence-electron chi connectivity index (χ2n) is 5.42. The molecule has 3 heteroatoms. The van der Waals surface area contributed by atoms with Crippen molar-refractivity contribution in [2.75, 3.05) is 7.11 Å². The molecule has 3 aromatic carbocycles. The standard InChI is InChI=1S/C19H15NOS/c1-12-3-8-17-18(9-12)22-19(20-17)15-5-4-14-11-16(21-2)7-6-13(14)10-15/h3-11H,1-2H3. The molecule has 0 aliphatic heterocycles. The Morgan fingerprint density at radius 1 is 0.909 bits per heavy atom. The molecule has 0 unspecified atom stereocenters. The summed E-state index contributed by atoms with van der Waals surface area (Å²) in [4.78, 5) is 4.76. The lowest BCUT2D eigenvalue weighted by atomic mass is 10.1. The van der Waals surface area contributed by atoms with Gasteiger partial charge < -0.3 is 4.74 Å². The fraction of sp³-hybridized carbons (Fsp3) is 0.105. The van der Waals surface area contributed by atoms with Gasteiger partial charge in [-0.15, -0.1) is 11.3 Å². The van der Waals surface area contributed by atoms with Gasteiger partial charge in [0.25, 0.3) is 0 Å². The molecule has 0 N–H and O–H groups in total. The monoisotopic (exact) mass is 305 g/mol. The topological polar surface area (TPSA) is 22.1 Å². The first-order valence-corrected chi connectivity index (χ1v) is 8.00. The minimum atomic E-state index is 0.885. The van der Waals surface area contributed by atoms with Gasteiger partial charge >= 0.3 is 0 Å². The van der Waals surface area contributed by atoms with E-state index in [1.807, 2.05) is 6.07 Å². The quantitative estimate of drug-likeness (QED) is 0.492. The smallest absolute Gasteiger partial charge is 0.124 e. The summed E-state index contributed by atoms with van der Waals surface area (Å²) in [6, 6.07) is 19.0. The Morgan fingerprint density at radius 2 is 1.73 bits per heavy atom. The highest BCUT2D eigenvalue weighted by atomic mass is 32.1. The molecule has 108 valence electrons. The zero-order valence-electron chi connectivity index (χ0n) is 12.5. The number of methoxy groups -OCH3 is 1. The SMILES string of the molecule is COc1ccc2cc(-c3nc4ccc(C)cc4s3)ccc2c1. The van der Waals surface area contributed by atoms with E-state index in [1.54, 1.807) is 18.4 Å². The third kappa shape index (κ3) is 2.24. The molecule has 4 aromatic rings. The minimum absolute atomic E-state index is 0.885. The molecule has 22 heavy (non-hydrogen) atoms. The van der Waals surface area contributed by atoms with Gasteiger partial charge in [-0.05, 0) is 53.6 Å². The largest absolute Gasteiger partial charge is 0.497 e. The van der Waals surface area contributed by atoms with Gasteiger partial charge in [0.15, 0.2) is 0 Å². The predicted octanol–water partition coefficient (Wildman–Crippen LogP) is 5.43. The molecule has 1 heterocycles. The molecule has 0 amide bonds. The van der Waals surface area contributed by atoms with E-state index in [9.17, 15) is 0 Å². The van der Waals surface area contributed by atoms with Crippen LogP contribution in [0.2, 0.25) is 0 Å². The van der Waals surface area contributed by atoms with Crippen LogP contribution in [-0.4, -0.2) is 12.1 Å². The summed E-state index contributed by atoms with van der Waals surface area (Å²) in [5.74, 6) is 0.885. The van der Waals surface area contributed by atoms with Gasteiger partial charge in [0.1, 0.15) is 10.8 Å². The predicted molar refractivity (Wildman–Crippen MR) is 93.9 cm³/mol. The molecule has 0 aliphatic rings. The van der Waals surface area contributed by atoms with E-state index >= 15 is 0 Å². The second kappa shape index (κ2) is 5.11. The van der Waals surface area contributed by atoms with Crippen LogP contribution in [0.15, 0.2) is 54.6 Å². The van der Waals surface area contributed by atoms with Crippen LogP contribution in [0.25, 0.3) is 31.6 Å². The highest BCUT2D eigenvalue weighted by molar-refractivity contribution is 7.21. The average molecular weight is 305 g/mol. The Balaban J connectivity index is 1.84. The minimum Gasteiger partial charge on any atom is -0.497 e. The molecule has 0 saturated heterocycles. The average Bonchev–Trinajstić information content (AvgIpc) is 2.96. The summed E-state index contributed by atoms with van der Waals surface area (Å²) >= 11 is 1.74. The molecule has 4 rings (SSSR count). The van der Waals surface area contributed by atoms with Crippen LogP contribution < -0.4 is 4.74 Å². The first kappa shape index (κ1) is 13.3. The van der Waals surface area contributed by atoms with Crippen LogP contribution in [0.4, 0.5) is 0 Å². The van der Waals surface area contributed by atoms with Crippen molar-refractivity contribution in [1.29, 1.82) is 0 Å². The lowest BCUT2D eigenvalue weighted by molar-refractivity contribution is 0.415. The molecule has 0 spiro atoms. The molecule has 0 radical (unpaired) electrons. The fourth-order valence-corrected chi connectivity index (χ4v) is 3.70. The Labute approximate surface area is 133 Å². The van der Waals surface area contributed by atoms with Gasteiger partial charge in [0.2, 0.25) is 0 Å². The molecule has 0 aliphatic carbocycles. The maximum absolute atomic E-state index is 5.28. The number of benzene rings is 3. The number of ether oxygens (including phenoxy) is 1. The first-order chi connectivity index (χ1) is 10.7. The Kier molecular flexibility index (Phi) is 3.09. The van der Waals surface area contributed by atoms with Crippen LogP contribution in [0.3, 0.4) is 0 Å². The summed E-state index contributed by atoms with van der Waals surface area (Å²) in [6.07, 6.45) is 0. The van der Waals surface area contributed by atoms with Crippen molar-refractivity contribution in [2.45, 2.75) is 6.92 Å². The van der Waals surface area contributed by atoms with E-state index in [-0.39, 0.29) is 0 Å². The lowest BCUT2D eigenvalue weighted by Crippen LogP contribution is -1.83. The van der Waals surface area contributed by atoms with Crippen molar-refractivity contribution in [3.05, 3.63) is 60.2 Å². The second-order valence-corrected chi connectivity index (χ2v) is 6.45. The molecule has 0 saturated carbocycles. The van der Waals surface area contributed by atoms with Gasteiger partial charge in [-0.1, -0.05) is 24.3 Å². The molecular weight excluding hydrogens is 290 g/mol. The van der Waals surface area contributed by atoms with Gasteiger partial charge in [-0.2, -0.15) is 0 Å². The zero-order chi connectivity index (χ0) is 15.1. The van der Waals surface area contributed by atoms with Crippen molar-refractivity contribution in [3.8, 4) is 16.3 Å².